The molecular formula is C24H22Cl2N4O7. The number of carbonyl (C=O) groups is 1. The van der Waals surface area contributed by atoms with Crippen LogP contribution < -0.4 is 9.47 Å². The molecule has 0 amide bonds. The summed E-state index contributed by atoms with van der Waals surface area (Å²) < 4.78 is 16.8. The van der Waals surface area contributed by atoms with E-state index in [1.165, 1.54) is 25.3 Å². The molecule has 13 heteroatoms. The first-order valence-corrected chi connectivity index (χ1v) is 11.8. The average molecular weight is 549 g/mol. The summed E-state index contributed by atoms with van der Waals surface area (Å²) in [6, 6.07) is 11.4. The highest BCUT2D eigenvalue weighted by atomic mass is 35.5. The van der Waals surface area contributed by atoms with Gasteiger partial charge in [0.05, 0.1) is 35.3 Å². The second-order valence-electron chi connectivity index (χ2n) is 7.51. The van der Waals surface area contributed by atoms with Crippen molar-refractivity contribution in [3.05, 3.63) is 79.8 Å². The van der Waals surface area contributed by atoms with Crippen molar-refractivity contribution in [2.24, 2.45) is 4.99 Å². The SMILES string of the molecule is CCOC(=O)C1=NC(Oc2cc(C)cc(CCCl)c2)N(OC)C(Oc2cc(C#N)ccc2Cl)=C1[N+](=O)[O-]. The Morgan fingerprint density at radius 2 is 2.05 bits per heavy atom. The second kappa shape index (κ2) is 12.4. The third-order valence-electron chi connectivity index (χ3n) is 4.92. The van der Waals surface area contributed by atoms with Crippen molar-refractivity contribution in [2.45, 2.75) is 26.6 Å². The third-order valence-corrected chi connectivity index (χ3v) is 5.42. The molecule has 0 saturated carbocycles. The molecule has 0 saturated heterocycles. The van der Waals surface area contributed by atoms with Gasteiger partial charge in [0.2, 0.25) is 5.71 Å². The Hall–Kier alpha value is -3.85. The van der Waals surface area contributed by atoms with E-state index < -0.39 is 34.5 Å². The Balaban J connectivity index is 2.15. The Bertz CT molecular complexity index is 1310. The number of benzene rings is 2. The van der Waals surface area contributed by atoms with Gasteiger partial charge in [0.1, 0.15) is 11.5 Å². The number of aliphatic imine (C=N–C) groups is 1. The van der Waals surface area contributed by atoms with Crippen LogP contribution in [0.1, 0.15) is 23.6 Å². The van der Waals surface area contributed by atoms with E-state index >= 15 is 0 Å². The molecule has 1 atom stereocenters. The van der Waals surface area contributed by atoms with Crippen molar-refractivity contribution in [2.75, 3.05) is 19.6 Å². The van der Waals surface area contributed by atoms with E-state index in [2.05, 4.69) is 4.99 Å². The monoisotopic (exact) mass is 548 g/mol. The lowest BCUT2D eigenvalue weighted by molar-refractivity contribution is -0.422. The molecule has 11 nitrogen and oxygen atoms in total. The number of alkyl halides is 1. The van der Waals surface area contributed by atoms with Gasteiger partial charge in [-0.15, -0.1) is 11.6 Å². The number of hydrogen-bond donors (Lipinski definition) is 0. The lowest BCUT2D eigenvalue weighted by atomic mass is 10.1. The average Bonchev–Trinajstić information content (AvgIpc) is 2.85. The number of aryl methyl sites for hydroxylation is 2. The molecule has 0 N–H and O–H groups in total. The molecule has 0 bridgehead atoms. The fourth-order valence-corrected chi connectivity index (χ4v) is 3.78. The van der Waals surface area contributed by atoms with Crippen LogP contribution in [0.5, 0.6) is 11.5 Å². The van der Waals surface area contributed by atoms with Crippen LogP contribution in [0, 0.1) is 28.4 Å². The molecule has 37 heavy (non-hydrogen) atoms. The summed E-state index contributed by atoms with van der Waals surface area (Å²) in [5.41, 5.74) is 0.440. The summed E-state index contributed by atoms with van der Waals surface area (Å²) in [4.78, 5) is 33.5. The summed E-state index contributed by atoms with van der Waals surface area (Å²) in [5.74, 6) is -0.991. The van der Waals surface area contributed by atoms with Gasteiger partial charge in [-0.05, 0) is 55.7 Å². The van der Waals surface area contributed by atoms with E-state index in [0.29, 0.717) is 18.1 Å². The molecule has 1 aliphatic heterocycles. The normalized spacial score (nSPS) is 15.1. The molecule has 0 spiro atoms. The molecule has 3 rings (SSSR count). The molecule has 1 heterocycles. The van der Waals surface area contributed by atoms with Crippen LogP contribution in [0.3, 0.4) is 0 Å². The van der Waals surface area contributed by atoms with Crippen LogP contribution in [0.25, 0.3) is 0 Å². The summed E-state index contributed by atoms with van der Waals surface area (Å²) in [6.07, 6.45) is -0.866. The van der Waals surface area contributed by atoms with Crippen LogP contribution in [0.4, 0.5) is 0 Å². The van der Waals surface area contributed by atoms with Gasteiger partial charge in [-0.25, -0.2) is 9.79 Å². The first-order chi connectivity index (χ1) is 17.7. The van der Waals surface area contributed by atoms with Crippen LogP contribution >= 0.6 is 23.2 Å². The molecule has 194 valence electrons. The quantitative estimate of drug-likeness (QED) is 0.183. The minimum Gasteiger partial charge on any atom is -0.461 e. The van der Waals surface area contributed by atoms with Gasteiger partial charge in [0.15, 0.2) is 0 Å². The maximum atomic E-state index is 12.7. The number of nitrogens with zero attached hydrogens (tertiary/aromatic N) is 4. The number of halogens is 2. The third kappa shape index (κ3) is 6.48. The zero-order chi connectivity index (χ0) is 27.1. The number of hydrogen-bond acceptors (Lipinski definition) is 10. The standard InChI is InChI=1S/C24H22Cl2N4O7/c1-4-35-23(31)20-21(30(32)33)22(37-19-12-16(13-27)5-6-18(19)26)29(34-3)24(28-20)36-17-10-14(2)9-15(11-17)7-8-25/h5-6,9-12,24H,4,7-8H2,1-3H3. The van der Waals surface area contributed by atoms with E-state index in [1.54, 1.807) is 19.1 Å². The van der Waals surface area contributed by atoms with E-state index in [9.17, 15) is 20.2 Å². The van der Waals surface area contributed by atoms with Crippen molar-refractivity contribution in [3.8, 4) is 17.6 Å². The number of rotatable bonds is 10. The van der Waals surface area contributed by atoms with Crippen molar-refractivity contribution in [1.29, 1.82) is 5.26 Å². The number of esters is 1. The largest absolute Gasteiger partial charge is 0.461 e. The Morgan fingerprint density at radius 1 is 1.30 bits per heavy atom. The lowest BCUT2D eigenvalue weighted by Gasteiger charge is -2.32. The van der Waals surface area contributed by atoms with E-state index in [4.69, 9.17) is 42.3 Å². The number of nitro groups is 1. The Labute approximate surface area is 222 Å². The van der Waals surface area contributed by atoms with Crippen molar-refractivity contribution in [1.82, 2.24) is 5.06 Å². The number of hydroxylamine groups is 2. The summed E-state index contributed by atoms with van der Waals surface area (Å²) >= 11 is 12.1. The molecule has 0 aliphatic carbocycles. The van der Waals surface area contributed by atoms with Gasteiger partial charge >= 0.3 is 17.5 Å². The zero-order valence-electron chi connectivity index (χ0n) is 20.1. The molecule has 2 aromatic rings. The maximum Gasteiger partial charge on any atom is 0.364 e. The van der Waals surface area contributed by atoms with Crippen molar-refractivity contribution < 1.29 is 28.8 Å². The summed E-state index contributed by atoms with van der Waals surface area (Å²) in [5, 5.41) is 22.3. The maximum absolute atomic E-state index is 12.7. The first kappa shape index (κ1) is 27.7. The summed E-state index contributed by atoms with van der Waals surface area (Å²) in [7, 11) is 1.21. The van der Waals surface area contributed by atoms with Crippen LogP contribution in [0.15, 0.2) is 53.0 Å². The smallest absolute Gasteiger partial charge is 0.364 e. The van der Waals surface area contributed by atoms with Crippen LogP contribution in [-0.2, 0) is 20.8 Å². The molecule has 2 aromatic carbocycles. The number of carbonyl (C=O) groups excluding carboxylic acids is 1. The van der Waals surface area contributed by atoms with Crippen LogP contribution in [0.2, 0.25) is 5.02 Å². The van der Waals surface area contributed by atoms with E-state index in [0.717, 1.165) is 16.2 Å². The second-order valence-corrected chi connectivity index (χ2v) is 8.30. The number of nitriles is 1. The highest BCUT2D eigenvalue weighted by Crippen LogP contribution is 2.33. The minimum absolute atomic E-state index is 0.0484. The molecule has 1 unspecified atom stereocenters. The highest BCUT2D eigenvalue weighted by Gasteiger charge is 2.45. The predicted octanol–water partition coefficient (Wildman–Crippen LogP) is 4.37. The first-order valence-electron chi connectivity index (χ1n) is 10.9. The fraction of sp³-hybridized carbons (Fsp3) is 0.292. The molecule has 0 aromatic heterocycles. The summed E-state index contributed by atoms with van der Waals surface area (Å²) in [6.45, 7) is 3.34. The topological polar surface area (TPSA) is 137 Å². The van der Waals surface area contributed by atoms with E-state index in [-0.39, 0.29) is 22.9 Å². The molecule has 0 radical (unpaired) electrons. The van der Waals surface area contributed by atoms with Gasteiger partial charge in [-0.2, -0.15) is 10.3 Å². The van der Waals surface area contributed by atoms with Crippen LogP contribution in [-0.4, -0.2) is 47.6 Å². The van der Waals surface area contributed by atoms with Crippen molar-refractivity contribution >= 4 is 34.9 Å². The fourth-order valence-electron chi connectivity index (χ4n) is 3.41. The zero-order valence-corrected chi connectivity index (χ0v) is 21.6. The van der Waals surface area contributed by atoms with Crippen molar-refractivity contribution in [3.63, 3.8) is 0 Å². The van der Waals surface area contributed by atoms with Gasteiger partial charge in [0, 0.05) is 11.9 Å². The van der Waals surface area contributed by atoms with E-state index in [1.807, 2.05) is 19.1 Å². The molecular weight excluding hydrogens is 527 g/mol. The Kier molecular flexibility index (Phi) is 9.30. The minimum atomic E-state index is -1.44. The molecule has 0 fully saturated rings. The van der Waals surface area contributed by atoms with Gasteiger partial charge in [0.25, 0.3) is 6.35 Å². The molecule has 1 aliphatic rings. The highest BCUT2D eigenvalue weighted by molar-refractivity contribution is 6.42. The van der Waals surface area contributed by atoms with Gasteiger partial charge < -0.3 is 14.2 Å². The Morgan fingerprint density at radius 3 is 2.68 bits per heavy atom. The number of ether oxygens (including phenoxy) is 3. The lowest BCUT2D eigenvalue weighted by Crippen LogP contribution is -2.46. The van der Waals surface area contributed by atoms with Gasteiger partial charge in [-0.1, -0.05) is 17.7 Å². The van der Waals surface area contributed by atoms with Gasteiger partial charge in [-0.3, -0.25) is 15.0 Å². The predicted molar refractivity (Wildman–Crippen MR) is 134 cm³/mol.